The predicted octanol–water partition coefficient (Wildman–Crippen LogP) is 4.35. The molecule has 6 nitrogen and oxygen atoms in total. The highest BCUT2D eigenvalue weighted by molar-refractivity contribution is 7.15. The lowest BCUT2D eigenvalue weighted by molar-refractivity contribution is -0.116. The van der Waals surface area contributed by atoms with Crippen LogP contribution in [0.2, 0.25) is 0 Å². The maximum Gasteiger partial charge on any atom is 0.273 e. The number of aromatic nitrogens is 1. The molecule has 2 aromatic heterocycles. The number of nitrogens with zero attached hydrogens (tertiary/aromatic N) is 2. The lowest BCUT2D eigenvalue weighted by Crippen LogP contribution is -2.35. The Kier molecular flexibility index (Phi) is 5.65. The zero-order valence-electron chi connectivity index (χ0n) is 16.6. The molecule has 0 aliphatic carbocycles. The molecule has 0 saturated heterocycles. The number of rotatable bonds is 5. The third kappa shape index (κ3) is 4.14. The van der Waals surface area contributed by atoms with E-state index in [1.807, 2.05) is 39.8 Å². The van der Waals surface area contributed by atoms with Crippen molar-refractivity contribution >= 4 is 28.8 Å². The normalized spacial score (nSPS) is 10.8. The predicted molar refractivity (Wildman–Crippen MR) is 111 cm³/mol. The van der Waals surface area contributed by atoms with Gasteiger partial charge in [-0.1, -0.05) is 17.7 Å². The van der Waals surface area contributed by atoms with E-state index >= 15 is 0 Å². The first kappa shape index (κ1) is 19.8. The summed E-state index contributed by atoms with van der Waals surface area (Å²) in [5.74, 6) is 0.0852. The molecule has 0 aliphatic heterocycles. The fourth-order valence-electron chi connectivity index (χ4n) is 3.12. The fourth-order valence-corrected chi connectivity index (χ4v) is 4.00. The molecule has 2 amide bonds. The number of carbonyl (C=O) groups is 2. The van der Waals surface area contributed by atoms with Gasteiger partial charge in [-0.3, -0.25) is 9.59 Å². The molecule has 1 aromatic carbocycles. The first-order valence-electron chi connectivity index (χ1n) is 8.90. The van der Waals surface area contributed by atoms with Crippen LogP contribution in [0.25, 0.3) is 10.8 Å². The van der Waals surface area contributed by atoms with E-state index in [0.29, 0.717) is 16.5 Å². The molecular formula is C21H23N3O3S. The summed E-state index contributed by atoms with van der Waals surface area (Å²) in [5.41, 5.74) is 4.28. The van der Waals surface area contributed by atoms with Gasteiger partial charge in [-0.15, -0.1) is 11.3 Å². The molecule has 1 N–H and O–H groups in total. The van der Waals surface area contributed by atoms with E-state index in [4.69, 9.17) is 4.42 Å². The van der Waals surface area contributed by atoms with Gasteiger partial charge in [0.15, 0.2) is 10.8 Å². The minimum absolute atomic E-state index is 0.0569. The third-order valence-electron chi connectivity index (χ3n) is 4.40. The van der Waals surface area contributed by atoms with Gasteiger partial charge in [0.25, 0.3) is 5.91 Å². The Morgan fingerprint density at radius 1 is 1.18 bits per heavy atom. The van der Waals surface area contributed by atoms with Gasteiger partial charge in [0.2, 0.25) is 5.91 Å². The molecule has 28 heavy (non-hydrogen) atoms. The van der Waals surface area contributed by atoms with E-state index in [0.717, 1.165) is 27.3 Å². The lowest BCUT2D eigenvalue weighted by atomic mass is 10.1. The molecular weight excluding hydrogens is 374 g/mol. The maximum atomic E-state index is 12.8. The molecule has 2 heterocycles. The Hall–Kier alpha value is -2.93. The van der Waals surface area contributed by atoms with Crippen molar-refractivity contribution in [3.63, 3.8) is 0 Å². The van der Waals surface area contributed by atoms with Crippen LogP contribution in [0, 0.1) is 27.7 Å². The number of nitrogens with one attached hydrogen (secondary N) is 1. The smallest absolute Gasteiger partial charge is 0.273 e. The van der Waals surface area contributed by atoms with Crippen molar-refractivity contribution in [2.24, 2.45) is 0 Å². The summed E-state index contributed by atoms with van der Waals surface area (Å²) in [5, 5.41) is 3.57. The topological polar surface area (TPSA) is 75.4 Å². The Morgan fingerprint density at radius 2 is 1.86 bits per heavy atom. The van der Waals surface area contributed by atoms with Gasteiger partial charge in [0.1, 0.15) is 5.69 Å². The Morgan fingerprint density at radius 3 is 2.46 bits per heavy atom. The summed E-state index contributed by atoms with van der Waals surface area (Å²) < 4.78 is 5.35. The second kappa shape index (κ2) is 7.98. The van der Waals surface area contributed by atoms with Crippen molar-refractivity contribution in [3.8, 4) is 10.8 Å². The van der Waals surface area contributed by atoms with E-state index in [-0.39, 0.29) is 18.4 Å². The lowest BCUT2D eigenvalue weighted by Gasteiger charge is -2.18. The second-order valence-corrected chi connectivity index (χ2v) is 8.09. The van der Waals surface area contributed by atoms with E-state index < -0.39 is 0 Å². The quantitative estimate of drug-likeness (QED) is 0.695. The zero-order chi connectivity index (χ0) is 20.4. The standard InChI is InChI=1S/C21H23N3O3S/c1-12-9-13(2)18(14(3)10-12)22-17(25)11-24(5)21(26)19-15(4)28-20(23-19)16-7-6-8-27-16/h6-10H,11H2,1-5H3,(H,22,25). The SMILES string of the molecule is Cc1cc(C)c(NC(=O)CN(C)C(=O)c2nc(-c3ccco3)sc2C)c(C)c1. The summed E-state index contributed by atoms with van der Waals surface area (Å²) in [4.78, 5) is 31.8. The number of likely N-dealkylation sites (N-methyl/N-ethyl adjacent to an activating group) is 1. The maximum absolute atomic E-state index is 12.8. The van der Waals surface area contributed by atoms with Gasteiger partial charge in [-0.25, -0.2) is 4.98 Å². The van der Waals surface area contributed by atoms with Crippen LogP contribution in [0.15, 0.2) is 34.9 Å². The first-order chi connectivity index (χ1) is 13.3. The zero-order valence-corrected chi connectivity index (χ0v) is 17.4. The van der Waals surface area contributed by atoms with Crippen LogP contribution in [0.3, 0.4) is 0 Å². The monoisotopic (exact) mass is 397 g/mol. The Balaban J connectivity index is 1.70. The van der Waals surface area contributed by atoms with Crippen LogP contribution in [0.1, 0.15) is 32.1 Å². The number of hydrogen-bond acceptors (Lipinski definition) is 5. The number of thiazole rings is 1. The van der Waals surface area contributed by atoms with E-state index in [9.17, 15) is 9.59 Å². The van der Waals surface area contributed by atoms with Crippen LogP contribution < -0.4 is 5.32 Å². The highest BCUT2D eigenvalue weighted by Gasteiger charge is 2.22. The van der Waals surface area contributed by atoms with Gasteiger partial charge in [0.05, 0.1) is 12.8 Å². The van der Waals surface area contributed by atoms with Crippen LogP contribution in [-0.4, -0.2) is 35.3 Å². The third-order valence-corrected chi connectivity index (χ3v) is 5.39. The van der Waals surface area contributed by atoms with E-state index in [1.54, 1.807) is 25.4 Å². The van der Waals surface area contributed by atoms with Crippen LogP contribution in [0.4, 0.5) is 5.69 Å². The number of carbonyl (C=O) groups excluding carboxylic acids is 2. The molecule has 0 bridgehead atoms. The van der Waals surface area contributed by atoms with Crippen molar-refractivity contribution in [1.29, 1.82) is 0 Å². The second-order valence-electron chi connectivity index (χ2n) is 6.88. The highest BCUT2D eigenvalue weighted by atomic mass is 32.1. The van der Waals surface area contributed by atoms with Crippen LogP contribution >= 0.6 is 11.3 Å². The minimum Gasteiger partial charge on any atom is -0.462 e. The van der Waals surface area contributed by atoms with Crippen molar-refractivity contribution in [3.05, 3.63) is 57.8 Å². The number of anilines is 1. The van der Waals surface area contributed by atoms with Gasteiger partial charge in [0, 0.05) is 17.6 Å². The number of furan rings is 1. The number of amides is 2. The summed E-state index contributed by atoms with van der Waals surface area (Å²) in [6.07, 6.45) is 1.57. The van der Waals surface area contributed by atoms with Gasteiger partial charge < -0.3 is 14.6 Å². The van der Waals surface area contributed by atoms with Crippen LogP contribution in [0.5, 0.6) is 0 Å². The fraction of sp³-hybridized carbons (Fsp3) is 0.286. The summed E-state index contributed by atoms with van der Waals surface area (Å²) >= 11 is 1.39. The highest BCUT2D eigenvalue weighted by Crippen LogP contribution is 2.28. The molecule has 146 valence electrons. The molecule has 0 radical (unpaired) electrons. The average molecular weight is 398 g/mol. The molecule has 3 aromatic rings. The number of hydrogen-bond donors (Lipinski definition) is 1. The van der Waals surface area contributed by atoms with Gasteiger partial charge in [-0.05, 0) is 51.0 Å². The number of aryl methyl sites for hydroxylation is 4. The first-order valence-corrected chi connectivity index (χ1v) is 9.72. The Bertz CT molecular complexity index is 999. The molecule has 3 rings (SSSR count). The molecule has 0 aliphatic rings. The minimum atomic E-state index is -0.293. The molecule has 0 unspecified atom stereocenters. The molecule has 0 fully saturated rings. The summed E-state index contributed by atoms with van der Waals surface area (Å²) in [7, 11) is 1.60. The van der Waals surface area contributed by atoms with E-state index in [1.165, 1.54) is 16.2 Å². The molecule has 0 spiro atoms. The van der Waals surface area contributed by atoms with Crippen LogP contribution in [-0.2, 0) is 4.79 Å². The van der Waals surface area contributed by atoms with Crippen molar-refractivity contribution in [2.75, 3.05) is 18.9 Å². The molecule has 0 saturated carbocycles. The van der Waals surface area contributed by atoms with E-state index in [2.05, 4.69) is 10.3 Å². The summed E-state index contributed by atoms with van der Waals surface area (Å²) in [6, 6.07) is 7.62. The average Bonchev–Trinajstić information content (AvgIpc) is 3.26. The van der Waals surface area contributed by atoms with Crippen molar-refractivity contribution in [1.82, 2.24) is 9.88 Å². The number of benzene rings is 1. The van der Waals surface area contributed by atoms with Gasteiger partial charge in [-0.2, -0.15) is 0 Å². The van der Waals surface area contributed by atoms with Crippen molar-refractivity contribution in [2.45, 2.75) is 27.7 Å². The van der Waals surface area contributed by atoms with Crippen molar-refractivity contribution < 1.29 is 14.0 Å². The Labute approximate surface area is 168 Å². The summed E-state index contributed by atoms with van der Waals surface area (Å²) in [6.45, 7) is 7.71. The van der Waals surface area contributed by atoms with Gasteiger partial charge >= 0.3 is 0 Å². The molecule has 0 atom stereocenters. The molecule has 7 heteroatoms. The largest absolute Gasteiger partial charge is 0.462 e.